The molecule has 0 saturated heterocycles. The Morgan fingerprint density at radius 2 is 1.97 bits per heavy atom. The highest BCUT2D eigenvalue weighted by Crippen LogP contribution is 2.41. The number of aryl methyl sites for hydroxylation is 1. The van der Waals surface area contributed by atoms with Crippen LogP contribution in [-0.2, 0) is 16.0 Å². The monoisotopic (exact) mass is 416 g/mol. The van der Waals surface area contributed by atoms with Crippen LogP contribution in [0.2, 0.25) is 0 Å². The molecule has 1 aromatic carbocycles. The van der Waals surface area contributed by atoms with Gasteiger partial charge in [0.1, 0.15) is 12.4 Å². The van der Waals surface area contributed by atoms with Gasteiger partial charge in [0.25, 0.3) is 0 Å². The summed E-state index contributed by atoms with van der Waals surface area (Å²) in [5.41, 5.74) is 3.13. The summed E-state index contributed by atoms with van der Waals surface area (Å²) >= 11 is 0. The van der Waals surface area contributed by atoms with Gasteiger partial charge in [-0.3, -0.25) is 0 Å². The Morgan fingerprint density at radius 1 is 1.23 bits per heavy atom. The van der Waals surface area contributed by atoms with E-state index in [2.05, 4.69) is 32.6 Å². The van der Waals surface area contributed by atoms with Crippen molar-refractivity contribution in [3.05, 3.63) is 41.5 Å². The molecule has 0 bridgehead atoms. The maximum absolute atomic E-state index is 11.6. The van der Waals surface area contributed by atoms with E-state index in [0.29, 0.717) is 24.7 Å². The first kappa shape index (κ1) is 24.5. The molecule has 168 valence electrons. The molecule has 1 aliphatic rings. The van der Waals surface area contributed by atoms with Crippen molar-refractivity contribution in [1.29, 1.82) is 0 Å². The highest BCUT2D eigenvalue weighted by molar-refractivity contribution is 5.86. The Bertz CT molecular complexity index is 674. The highest BCUT2D eigenvalue weighted by Gasteiger charge is 2.27. The van der Waals surface area contributed by atoms with E-state index in [1.165, 1.54) is 49.7 Å². The Hall–Kier alpha value is -1.81. The van der Waals surface area contributed by atoms with Crippen LogP contribution in [0.4, 0.5) is 0 Å². The van der Waals surface area contributed by atoms with Crippen LogP contribution in [0.1, 0.15) is 82.8 Å². The van der Waals surface area contributed by atoms with Crippen LogP contribution in [-0.4, -0.2) is 30.9 Å². The second-order valence-electron chi connectivity index (χ2n) is 8.83. The van der Waals surface area contributed by atoms with E-state index >= 15 is 0 Å². The summed E-state index contributed by atoms with van der Waals surface area (Å²) in [7, 11) is 0. The molecule has 1 N–H and O–H groups in total. The predicted octanol–water partition coefficient (Wildman–Crippen LogP) is 5.82. The second-order valence-corrected chi connectivity index (χ2v) is 8.83. The van der Waals surface area contributed by atoms with E-state index < -0.39 is 0 Å². The maximum atomic E-state index is 11.6. The molecule has 0 amide bonds. The number of ether oxygens (including phenoxy) is 2. The lowest BCUT2D eigenvalue weighted by atomic mass is 9.72. The van der Waals surface area contributed by atoms with Gasteiger partial charge in [0.2, 0.25) is 0 Å². The summed E-state index contributed by atoms with van der Waals surface area (Å²) < 4.78 is 10.9. The van der Waals surface area contributed by atoms with Gasteiger partial charge in [0, 0.05) is 5.57 Å². The molecule has 4 heteroatoms. The largest absolute Gasteiger partial charge is 0.491 e. The summed E-state index contributed by atoms with van der Waals surface area (Å²) in [6, 6.07) is 6.35. The van der Waals surface area contributed by atoms with Gasteiger partial charge in [0.15, 0.2) is 0 Å². The molecule has 0 aliphatic heterocycles. The molecule has 1 saturated carbocycles. The van der Waals surface area contributed by atoms with Crippen molar-refractivity contribution in [2.24, 2.45) is 11.8 Å². The molecule has 1 aliphatic carbocycles. The summed E-state index contributed by atoms with van der Waals surface area (Å²) in [4.78, 5) is 11.6. The Labute approximate surface area is 182 Å². The lowest BCUT2D eigenvalue weighted by molar-refractivity contribution is -0.139. The average molecular weight is 417 g/mol. The number of esters is 1. The molecule has 0 spiro atoms. The molecule has 1 aromatic rings. The fraction of sp³-hybridized carbons (Fsp3) is 0.654. The number of aliphatic hydroxyl groups excluding tert-OH is 1. The third-order valence-electron chi connectivity index (χ3n) is 6.41. The first-order valence-corrected chi connectivity index (χ1v) is 11.6. The minimum Gasteiger partial charge on any atom is -0.491 e. The zero-order valence-corrected chi connectivity index (χ0v) is 19.1. The van der Waals surface area contributed by atoms with Crippen LogP contribution in [0.25, 0.3) is 0 Å². The zero-order valence-electron chi connectivity index (χ0n) is 19.1. The highest BCUT2D eigenvalue weighted by atomic mass is 16.5. The van der Waals surface area contributed by atoms with E-state index in [1.54, 1.807) is 6.92 Å². The van der Waals surface area contributed by atoms with Gasteiger partial charge in [-0.25, -0.2) is 4.79 Å². The van der Waals surface area contributed by atoms with Crippen LogP contribution in [0.3, 0.4) is 0 Å². The number of aliphatic hydroxyl groups is 1. The van der Waals surface area contributed by atoms with Crippen LogP contribution < -0.4 is 4.74 Å². The van der Waals surface area contributed by atoms with Crippen molar-refractivity contribution < 1.29 is 19.4 Å². The topological polar surface area (TPSA) is 55.8 Å². The van der Waals surface area contributed by atoms with E-state index in [1.807, 2.05) is 6.07 Å². The second kappa shape index (κ2) is 12.8. The average Bonchev–Trinajstić information content (AvgIpc) is 2.75. The number of hydrogen-bond acceptors (Lipinski definition) is 4. The molecule has 30 heavy (non-hydrogen) atoms. The fourth-order valence-corrected chi connectivity index (χ4v) is 4.69. The van der Waals surface area contributed by atoms with E-state index in [0.717, 1.165) is 30.4 Å². The molecular weight excluding hydrogens is 376 g/mol. The van der Waals surface area contributed by atoms with Crippen molar-refractivity contribution in [3.8, 4) is 5.75 Å². The normalized spacial score (nSPS) is 19.9. The van der Waals surface area contributed by atoms with E-state index in [9.17, 15) is 4.79 Å². The van der Waals surface area contributed by atoms with Gasteiger partial charge in [-0.15, -0.1) is 0 Å². The summed E-state index contributed by atoms with van der Waals surface area (Å²) in [5, 5.41) is 9.05. The molecule has 1 atom stereocenters. The number of carbonyl (C=O) groups excluding carboxylic acids is 1. The SMILES string of the molecule is C=C(C)C(=O)OCCCc1cc(OCCO)ccc1C1CCC(C(C)CCC)CC1. The van der Waals surface area contributed by atoms with Gasteiger partial charge >= 0.3 is 5.97 Å². The minimum atomic E-state index is -0.324. The molecule has 0 aromatic heterocycles. The molecular formula is C26H40O4. The molecule has 0 heterocycles. The standard InChI is InChI=1S/C26H40O4/c1-5-7-20(4)21-9-11-22(12-10-21)25-14-13-24(29-17-15-27)18-23(25)8-6-16-30-26(28)19(2)3/h13-14,18,20-22,27H,2,5-12,15-17H2,1,3-4H3. The molecule has 0 radical (unpaired) electrons. The Kier molecular flexibility index (Phi) is 10.4. The van der Waals surface area contributed by atoms with Crippen LogP contribution in [0.5, 0.6) is 5.75 Å². The third-order valence-corrected chi connectivity index (χ3v) is 6.41. The lowest BCUT2D eigenvalue weighted by Gasteiger charge is -2.33. The van der Waals surface area contributed by atoms with Gasteiger partial charge < -0.3 is 14.6 Å². The van der Waals surface area contributed by atoms with Crippen LogP contribution in [0.15, 0.2) is 30.4 Å². The molecule has 2 rings (SSSR count). The van der Waals surface area contributed by atoms with Crippen molar-refractivity contribution in [2.75, 3.05) is 19.8 Å². The van der Waals surface area contributed by atoms with Gasteiger partial charge in [-0.05, 0) is 86.5 Å². The van der Waals surface area contributed by atoms with Gasteiger partial charge in [0.05, 0.1) is 13.2 Å². The third kappa shape index (κ3) is 7.46. The van der Waals surface area contributed by atoms with Crippen LogP contribution in [0, 0.1) is 11.8 Å². The smallest absolute Gasteiger partial charge is 0.333 e. The number of benzene rings is 1. The molecule has 1 unspecified atom stereocenters. The molecule has 1 fully saturated rings. The van der Waals surface area contributed by atoms with Crippen molar-refractivity contribution in [3.63, 3.8) is 0 Å². The Balaban J connectivity index is 2.02. The van der Waals surface area contributed by atoms with Gasteiger partial charge in [-0.1, -0.05) is 39.3 Å². The first-order valence-electron chi connectivity index (χ1n) is 11.6. The van der Waals surface area contributed by atoms with E-state index in [4.69, 9.17) is 14.6 Å². The predicted molar refractivity (Wildman–Crippen MR) is 122 cm³/mol. The van der Waals surface area contributed by atoms with Gasteiger partial charge in [-0.2, -0.15) is 0 Å². The number of rotatable bonds is 12. The minimum absolute atomic E-state index is 0.00784. The van der Waals surface area contributed by atoms with Crippen molar-refractivity contribution in [1.82, 2.24) is 0 Å². The van der Waals surface area contributed by atoms with Crippen molar-refractivity contribution in [2.45, 2.75) is 78.1 Å². The summed E-state index contributed by atoms with van der Waals surface area (Å²) in [6.45, 7) is 10.7. The summed E-state index contributed by atoms with van der Waals surface area (Å²) in [5.74, 6) is 2.75. The quantitative estimate of drug-likeness (QED) is 0.265. The Morgan fingerprint density at radius 3 is 2.60 bits per heavy atom. The lowest BCUT2D eigenvalue weighted by Crippen LogP contribution is -2.20. The fourth-order valence-electron chi connectivity index (χ4n) is 4.69. The zero-order chi connectivity index (χ0) is 21.9. The summed E-state index contributed by atoms with van der Waals surface area (Å²) in [6.07, 6.45) is 9.34. The van der Waals surface area contributed by atoms with E-state index in [-0.39, 0.29) is 12.6 Å². The number of carbonyl (C=O) groups is 1. The number of hydrogen-bond donors (Lipinski definition) is 1. The van der Waals surface area contributed by atoms with Crippen molar-refractivity contribution >= 4 is 5.97 Å². The molecule has 4 nitrogen and oxygen atoms in total. The first-order chi connectivity index (χ1) is 14.5. The van der Waals surface area contributed by atoms with Crippen LogP contribution >= 0.6 is 0 Å². The maximum Gasteiger partial charge on any atom is 0.333 e.